The Hall–Kier alpha value is -0.860. The number of hydrogen-bond donors (Lipinski definition) is 1. The van der Waals surface area contributed by atoms with E-state index in [9.17, 15) is 0 Å². The second kappa shape index (κ2) is 7.80. The van der Waals surface area contributed by atoms with Crippen molar-refractivity contribution >= 4 is 0 Å². The molecule has 20 heavy (non-hydrogen) atoms. The molecular weight excluding hydrogens is 244 g/mol. The van der Waals surface area contributed by atoms with Crippen LogP contribution in [-0.2, 0) is 0 Å². The third kappa shape index (κ3) is 4.32. The third-order valence-corrected chi connectivity index (χ3v) is 4.36. The standard InChI is InChI=1S/C18H30N2/c1-15(2)12-18(17-9-5-4-6-10-17)20-11-7-8-16(14-20)13-19-3/h4-6,9-10,15-16,18-19H,7-8,11-14H2,1-3H3. The molecule has 1 N–H and O–H groups in total. The Labute approximate surface area is 124 Å². The molecule has 1 aliphatic rings. The lowest BCUT2D eigenvalue weighted by atomic mass is 9.91. The number of hydrogen-bond acceptors (Lipinski definition) is 2. The smallest absolute Gasteiger partial charge is 0.0350 e. The summed E-state index contributed by atoms with van der Waals surface area (Å²) < 4.78 is 0. The average molecular weight is 274 g/mol. The zero-order valence-corrected chi connectivity index (χ0v) is 13.3. The molecule has 0 radical (unpaired) electrons. The Balaban J connectivity index is 2.10. The van der Waals surface area contributed by atoms with Crippen molar-refractivity contribution in [1.82, 2.24) is 10.2 Å². The van der Waals surface area contributed by atoms with E-state index in [0.29, 0.717) is 6.04 Å². The first kappa shape index (κ1) is 15.5. The normalized spacial score (nSPS) is 22.1. The van der Waals surface area contributed by atoms with Crippen molar-refractivity contribution in [3.8, 4) is 0 Å². The van der Waals surface area contributed by atoms with E-state index in [2.05, 4.69) is 61.4 Å². The van der Waals surface area contributed by atoms with Gasteiger partial charge < -0.3 is 5.32 Å². The van der Waals surface area contributed by atoms with Gasteiger partial charge in [-0.25, -0.2) is 0 Å². The lowest BCUT2D eigenvalue weighted by molar-refractivity contribution is 0.109. The number of nitrogens with zero attached hydrogens (tertiary/aromatic N) is 1. The second-order valence-corrected chi connectivity index (χ2v) is 6.62. The van der Waals surface area contributed by atoms with Crippen LogP contribution < -0.4 is 5.32 Å². The monoisotopic (exact) mass is 274 g/mol. The molecule has 1 aromatic rings. The highest BCUT2D eigenvalue weighted by Crippen LogP contribution is 2.31. The zero-order valence-electron chi connectivity index (χ0n) is 13.3. The summed E-state index contributed by atoms with van der Waals surface area (Å²) in [7, 11) is 2.07. The molecule has 0 spiro atoms. The SMILES string of the molecule is CNCC1CCCN(C(CC(C)C)c2ccccc2)C1. The summed E-state index contributed by atoms with van der Waals surface area (Å²) in [5.41, 5.74) is 1.49. The fourth-order valence-corrected chi connectivity index (χ4v) is 3.45. The van der Waals surface area contributed by atoms with Crippen molar-refractivity contribution < 1.29 is 0 Å². The lowest BCUT2D eigenvalue weighted by Gasteiger charge is -2.39. The first-order valence-corrected chi connectivity index (χ1v) is 8.14. The highest BCUT2D eigenvalue weighted by molar-refractivity contribution is 5.19. The molecule has 2 atom stereocenters. The maximum absolute atomic E-state index is 3.35. The van der Waals surface area contributed by atoms with E-state index in [1.165, 1.54) is 37.9 Å². The summed E-state index contributed by atoms with van der Waals surface area (Å²) >= 11 is 0. The molecule has 0 bridgehead atoms. The molecule has 1 saturated heterocycles. The topological polar surface area (TPSA) is 15.3 Å². The average Bonchev–Trinajstić information content (AvgIpc) is 2.46. The fourth-order valence-electron chi connectivity index (χ4n) is 3.45. The van der Waals surface area contributed by atoms with E-state index >= 15 is 0 Å². The minimum absolute atomic E-state index is 0.593. The van der Waals surface area contributed by atoms with Crippen LogP contribution in [0.3, 0.4) is 0 Å². The maximum atomic E-state index is 3.35. The Bertz CT molecular complexity index is 372. The Morgan fingerprint density at radius 3 is 2.65 bits per heavy atom. The first-order chi connectivity index (χ1) is 9.70. The number of nitrogens with one attached hydrogen (secondary N) is 1. The van der Waals surface area contributed by atoms with Crippen molar-refractivity contribution in [3.05, 3.63) is 35.9 Å². The van der Waals surface area contributed by atoms with Gasteiger partial charge in [0.15, 0.2) is 0 Å². The Morgan fingerprint density at radius 1 is 1.25 bits per heavy atom. The van der Waals surface area contributed by atoms with Crippen molar-refractivity contribution in [3.63, 3.8) is 0 Å². The Kier molecular flexibility index (Phi) is 6.06. The molecule has 2 rings (SSSR count). The number of likely N-dealkylation sites (tertiary alicyclic amines) is 1. The van der Waals surface area contributed by atoms with Gasteiger partial charge in [0.25, 0.3) is 0 Å². The zero-order chi connectivity index (χ0) is 14.4. The van der Waals surface area contributed by atoms with Gasteiger partial charge >= 0.3 is 0 Å². The highest BCUT2D eigenvalue weighted by atomic mass is 15.2. The van der Waals surface area contributed by atoms with Crippen LogP contribution in [0.5, 0.6) is 0 Å². The minimum atomic E-state index is 0.593. The van der Waals surface area contributed by atoms with Gasteiger partial charge in [0.2, 0.25) is 0 Å². The van der Waals surface area contributed by atoms with Gasteiger partial charge in [0, 0.05) is 12.6 Å². The van der Waals surface area contributed by atoms with Crippen LogP contribution in [0.15, 0.2) is 30.3 Å². The summed E-state index contributed by atoms with van der Waals surface area (Å²) in [6.07, 6.45) is 3.98. The predicted molar refractivity (Wildman–Crippen MR) is 86.9 cm³/mol. The van der Waals surface area contributed by atoms with E-state index in [1.807, 2.05) is 0 Å². The van der Waals surface area contributed by atoms with Crippen LogP contribution in [0.1, 0.15) is 44.7 Å². The van der Waals surface area contributed by atoms with Crippen molar-refractivity contribution in [1.29, 1.82) is 0 Å². The molecule has 2 unspecified atom stereocenters. The molecular formula is C18H30N2. The largest absolute Gasteiger partial charge is 0.319 e. The maximum Gasteiger partial charge on any atom is 0.0350 e. The van der Waals surface area contributed by atoms with Crippen LogP contribution in [0, 0.1) is 11.8 Å². The van der Waals surface area contributed by atoms with E-state index in [-0.39, 0.29) is 0 Å². The third-order valence-electron chi connectivity index (χ3n) is 4.36. The van der Waals surface area contributed by atoms with Crippen LogP contribution >= 0.6 is 0 Å². The van der Waals surface area contributed by atoms with Gasteiger partial charge in [-0.05, 0) is 56.8 Å². The number of piperidine rings is 1. The molecule has 112 valence electrons. The molecule has 0 aliphatic carbocycles. The van der Waals surface area contributed by atoms with E-state index in [1.54, 1.807) is 0 Å². The number of rotatable bonds is 6. The lowest BCUT2D eigenvalue weighted by Crippen LogP contribution is -2.41. The van der Waals surface area contributed by atoms with Crippen LogP contribution in [-0.4, -0.2) is 31.6 Å². The van der Waals surface area contributed by atoms with E-state index in [4.69, 9.17) is 0 Å². The molecule has 0 amide bonds. The van der Waals surface area contributed by atoms with Gasteiger partial charge in [0.1, 0.15) is 0 Å². The van der Waals surface area contributed by atoms with Crippen molar-refractivity contribution in [2.24, 2.45) is 11.8 Å². The molecule has 1 fully saturated rings. The van der Waals surface area contributed by atoms with Crippen molar-refractivity contribution in [2.45, 2.75) is 39.2 Å². The fraction of sp³-hybridized carbons (Fsp3) is 0.667. The van der Waals surface area contributed by atoms with Gasteiger partial charge in [0.05, 0.1) is 0 Å². The summed E-state index contributed by atoms with van der Waals surface area (Å²) in [4.78, 5) is 2.72. The quantitative estimate of drug-likeness (QED) is 0.851. The molecule has 1 aliphatic heterocycles. The highest BCUT2D eigenvalue weighted by Gasteiger charge is 2.26. The molecule has 1 heterocycles. The molecule has 0 saturated carbocycles. The van der Waals surface area contributed by atoms with Gasteiger partial charge in [-0.2, -0.15) is 0 Å². The molecule has 2 heteroatoms. The van der Waals surface area contributed by atoms with Gasteiger partial charge in [-0.15, -0.1) is 0 Å². The van der Waals surface area contributed by atoms with Crippen LogP contribution in [0.2, 0.25) is 0 Å². The van der Waals surface area contributed by atoms with Crippen LogP contribution in [0.4, 0.5) is 0 Å². The predicted octanol–water partition coefficient (Wildman–Crippen LogP) is 3.71. The second-order valence-electron chi connectivity index (χ2n) is 6.62. The Morgan fingerprint density at radius 2 is 2.00 bits per heavy atom. The van der Waals surface area contributed by atoms with E-state index < -0.39 is 0 Å². The minimum Gasteiger partial charge on any atom is -0.319 e. The van der Waals surface area contributed by atoms with Gasteiger partial charge in [-0.1, -0.05) is 44.2 Å². The first-order valence-electron chi connectivity index (χ1n) is 8.14. The molecule has 0 aromatic heterocycles. The summed E-state index contributed by atoms with van der Waals surface area (Å²) in [6, 6.07) is 11.7. The van der Waals surface area contributed by atoms with Gasteiger partial charge in [-0.3, -0.25) is 4.90 Å². The summed E-state index contributed by atoms with van der Waals surface area (Å²) in [6.45, 7) is 8.33. The van der Waals surface area contributed by atoms with Crippen LogP contribution in [0.25, 0.3) is 0 Å². The number of benzene rings is 1. The molecule has 2 nitrogen and oxygen atoms in total. The van der Waals surface area contributed by atoms with E-state index in [0.717, 1.165) is 18.4 Å². The summed E-state index contributed by atoms with van der Waals surface area (Å²) in [5.74, 6) is 1.55. The van der Waals surface area contributed by atoms with Crippen molar-refractivity contribution in [2.75, 3.05) is 26.7 Å². The summed E-state index contributed by atoms with van der Waals surface area (Å²) in [5, 5.41) is 3.35. The molecule has 1 aromatic carbocycles.